The van der Waals surface area contributed by atoms with Gasteiger partial charge in [0.15, 0.2) is 5.01 Å². The first-order valence-corrected chi connectivity index (χ1v) is 6.21. The molecule has 2 nitrogen and oxygen atoms in total. The number of benzene rings is 1. The molecule has 1 aromatic heterocycles. The molecule has 0 amide bonds. The van der Waals surface area contributed by atoms with Crippen molar-refractivity contribution in [3.05, 3.63) is 51.7 Å². The number of halogens is 4. The SMILES string of the molecule is NC(Cc1ccc(F)cc1)c1cnc(C(F)(F)F)s1. The summed E-state index contributed by atoms with van der Waals surface area (Å²) in [4.78, 5) is 3.68. The molecule has 0 fully saturated rings. The van der Waals surface area contributed by atoms with Crippen molar-refractivity contribution in [1.29, 1.82) is 0 Å². The number of nitrogens with zero attached hydrogens (tertiary/aromatic N) is 1. The molecule has 0 saturated heterocycles. The van der Waals surface area contributed by atoms with E-state index in [0.717, 1.165) is 11.8 Å². The molecule has 0 aliphatic rings. The molecule has 7 heteroatoms. The van der Waals surface area contributed by atoms with Gasteiger partial charge < -0.3 is 5.73 Å². The summed E-state index contributed by atoms with van der Waals surface area (Å²) in [6.07, 6.45) is -2.97. The monoisotopic (exact) mass is 290 g/mol. The molecule has 1 heterocycles. The van der Waals surface area contributed by atoms with Crippen molar-refractivity contribution in [2.75, 3.05) is 0 Å². The molecule has 1 atom stereocenters. The van der Waals surface area contributed by atoms with E-state index < -0.39 is 17.2 Å². The summed E-state index contributed by atoms with van der Waals surface area (Å²) in [6, 6.07) is 5.10. The highest BCUT2D eigenvalue weighted by molar-refractivity contribution is 7.11. The Labute approximate surface area is 110 Å². The predicted molar refractivity (Wildman–Crippen MR) is 64.1 cm³/mol. The molecule has 0 radical (unpaired) electrons. The molecule has 0 saturated carbocycles. The van der Waals surface area contributed by atoms with Crippen LogP contribution in [0.5, 0.6) is 0 Å². The first-order chi connectivity index (χ1) is 8.86. The molecule has 1 aromatic carbocycles. The molecular formula is C12H10F4N2S. The normalized spacial score (nSPS) is 13.5. The summed E-state index contributed by atoms with van der Waals surface area (Å²) in [5, 5.41) is -0.906. The predicted octanol–water partition coefficient (Wildman–Crippen LogP) is 3.54. The number of thiazole rings is 1. The van der Waals surface area contributed by atoms with Gasteiger partial charge in [0.1, 0.15) is 5.82 Å². The van der Waals surface area contributed by atoms with E-state index in [4.69, 9.17) is 5.73 Å². The van der Waals surface area contributed by atoms with E-state index in [1.54, 1.807) is 12.1 Å². The molecular weight excluding hydrogens is 280 g/mol. The lowest BCUT2D eigenvalue weighted by molar-refractivity contribution is -0.137. The van der Waals surface area contributed by atoms with Crippen LogP contribution in [0.4, 0.5) is 17.6 Å². The average molecular weight is 290 g/mol. The third-order valence-corrected chi connectivity index (χ3v) is 3.67. The van der Waals surface area contributed by atoms with Gasteiger partial charge in [-0.3, -0.25) is 0 Å². The van der Waals surface area contributed by atoms with E-state index in [9.17, 15) is 17.6 Å². The van der Waals surface area contributed by atoms with Crippen molar-refractivity contribution in [2.24, 2.45) is 5.73 Å². The minimum atomic E-state index is -4.45. The topological polar surface area (TPSA) is 38.9 Å². The molecule has 2 N–H and O–H groups in total. The van der Waals surface area contributed by atoms with Gasteiger partial charge in [-0.1, -0.05) is 12.1 Å². The van der Waals surface area contributed by atoms with Crippen LogP contribution in [0.25, 0.3) is 0 Å². The molecule has 2 rings (SSSR count). The molecule has 19 heavy (non-hydrogen) atoms. The first-order valence-electron chi connectivity index (χ1n) is 5.39. The quantitative estimate of drug-likeness (QED) is 0.878. The van der Waals surface area contributed by atoms with Gasteiger partial charge in [-0.25, -0.2) is 9.37 Å². The van der Waals surface area contributed by atoms with Crippen LogP contribution < -0.4 is 5.73 Å². The maximum Gasteiger partial charge on any atom is 0.443 e. The maximum atomic E-state index is 12.7. The Morgan fingerprint density at radius 2 is 1.84 bits per heavy atom. The Morgan fingerprint density at radius 1 is 1.21 bits per heavy atom. The summed E-state index contributed by atoms with van der Waals surface area (Å²) in [5.41, 5.74) is 6.59. The summed E-state index contributed by atoms with van der Waals surface area (Å²) < 4.78 is 49.9. The largest absolute Gasteiger partial charge is 0.443 e. The van der Waals surface area contributed by atoms with Crippen LogP contribution >= 0.6 is 11.3 Å². The zero-order chi connectivity index (χ0) is 14.0. The highest BCUT2D eigenvalue weighted by Crippen LogP contribution is 2.34. The molecule has 0 bridgehead atoms. The zero-order valence-electron chi connectivity index (χ0n) is 9.62. The van der Waals surface area contributed by atoms with Crippen LogP contribution in [-0.4, -0.2) is 4.98 Å². The summed E-state index contributed by atoms with van der Waals surface area (Å²) in [5.74, 6) is -0.366. The van der Waals surface area contributed by atoms with Crippen molar-refractivity contribution in [3.63, 3.8) is 0 Å². The molecule has 2 aromatic rings. The van der Waals surface area contributed by atoms with Crippen molar-refractivity contribution in [3.8, 4) is 0 Å². The van der Waals surface area contributed by atoms with E-state index in [2.05, 4.69) is 4.98 Å². The fourth-order valence-electron chi connectivity index (χ4n) is 1.56. The van der Waals surface area contributed by atoms with Crippen LogP contribution in [0, 0.1) is 5.82 Å². The van der Waals surface area contributed by atoms with Gasteiger partial charge in [-0.15, -0.1) is 11.3 Å². The van der Waals surface area contributed by atoms with Gasteiger partial charge in [-0.2, -0.15) is 13.2 Å². The highest BCUT2D eigenvalue weighted by Gasteiger charge is 2.35. The van der Waals surface area contributed by atoms with Gasteiger partial charge in [0.25, 0.3) is 0 Å². The van der Waals surface area contributed by atoms with E-state index in [1.165, 1.54) is 12.1 Å². The average Bonchev–Trinajstić information content (AvgIpc) is 2.81. The molecule has 102 valence electrons. The second-order valence-corrected chi connectivity index (χ2v) is 5.06. The summed E-state index contributed by atoms with van der Waals surface area (Å²) >= 11 is 0.535. The Morgan fingerprint density at radius 3 is 2.37 bits per heavy atom. The minimum Gasteiger partial charge on any atom is -0.323 e. The lowest BCUT2D eigenvalue weighted by Crippen LogP contribution is -2.11. The van der Waals surface area contributed by atoms with Gasteiger partial charge in [0.05, 0.1) is 0 Å². The second-order valence-electron chi connectivity index (χ2n) is 4.00. The fraction of sp³-hybridized carbons (Fsp3) is 0.250. The van der Waals surface area contributed by atoms with Crippen LogP contribution in [0.3, 0.4) is 0 Å². The number of rotatable bonds is 3. The van der Waals surface area contributed by atoms with E-state index in [1.807, 2.05) is 0 Å². The Balaban J connectivity index is 2.09. The van der Waals surface area contributed by atoms with Crippen molar-refractivity contribution in [2.45, 2.75) is 18.6 Å². The number of hydrogen-bond donors (Lipinski definition) is 1. The molecule has 1 unspecified atom stereocenters. The van der Waals surface area contributed by atoms with Crippen LogP contribution in [0.2, 0.25) is 0 Å². The Hall–Kier alpha value is -1.47. The van der Waals surface area contributed by atoms with Crippen LogP contribution in [0.15, 0.2) is 30.5 Å². The van der Waals surface area contributed by atoms with Crippen LogP contribution in [-0.2, 0) is 12.6 Å². The smallest absolute Gasteiger partial charge is 0.323 e. The maximum absolute atomic E-state index is 12.7. The molecule has 0 aliphatic carbocycles. The first kappa shape index (κ1) is 14.0. The van der Waals surface area contributed by atoms with Crippen molar-refractivity contribution >= 4 is 11.3 Å². The van der Waals surface area contributed by atoms with E-state index in [0.29, 0.717) is 22.6 Å². The van der Waals surface area contributed by atoms with Gasteiger partial charge in [0, 0.05) is 17.1 Å². The number of alkyl halides is 3. The van der Waals surface area contributed by atoms with Crippen LogP contribution in [0.1, 0.15) is 21.5 Å². The van der Waals surface area contributed by atoms with Gasteiger partial charge in [0.2, 0.25) is 0 Å². The lowest BCUT2D eigenvalue weighted by Gasteiger charge is -2.09. The third kappa shape index (κ3) is 3.51. The number of nitrogens with two attached hydrogens (primary N) is 1. The lowest BCUT2D eigenvalue weighted by atomic mass is 10.1. The minimum absolute atomic E-state index is 0.333. The Kier molecular flexibility index (Phi) is 3.86. The number of aromatic nitrogens is 1. The fourth-order valence-corrected chi connectivity index (χ4v) is 2.35. The molecule has 0 aliphatic heterocycles. The molecule has 0 spiro atoms. The summed E-state index contributed by atoms with van der Waals surface area (Å²) in [6.45, 7) is 0. The van der Waals surface area contributed by atoms with Crippen molar-refractivity contribution in [1.82, 2.24) is 4.98 Å². The van der Waals surface area contributed by atoms with Gasteiger partial charge >= 0.3 is 6.18 Å². The zero-order valence-corrected chi connectivity index (χ0v) is 10.4. The van der Waals surface area contributed by atoms with Crippen molar-refractivity contribution < 1.29 is 17.6 Å². The number of hydrogen-bond acceptors (Lipinski definition) is 3. The van der Waals surface area contributed by atoms with E-state index in [-0.39, 0.29) is 5.82 Å². The van der Waals surface area contributed by atoms with Gasteiger partial charge in [-0.05, 0) is 24.1 Å². The third-order valence-electron chi connectivity index (χ3n) is 2.50. The second kappa shape index (κ2) is 5.26. The highest BCUT2D eigenvalue weighted by atomic mass is 32.1. The standard InChI is InChI=1S/C12H10F4N2S/c13-8-3-1-7(2-4-8)5-9(17)10-6-18-11(19-10)12(14,15)16/h1-4,6,9H,5,17H2. The van der Waals surface area contributed by atoms with E-state index >= 15 is 0 Å². The Bertz CT molecular complexity index is 548. The summed E-state index contributed by atoms with van der Waals surface area (Å²) in [7, 11) is 0.